The van der Waals surface area contributed by atoms with Gasteiger partial charge in [0.25, 0.3) is 0 Å². The van der Waals surface area contributed by atoms with Crippen LogP contribution in [0.25, 0.3) is 0 Å². The van der Waals surface area contributed by atoms with Gasteiger partial charge in [0.15, 0.2) is 0 Å². The Morgan fingerprint density at radius 1 is 1.06 bits per heavy atom. The van der Waals surface area contributed by atoms with Gasteiger partial charge in [0, 0.05) is 31.3 Å². The molecule has 0 aromatic rings. The monoisotopic (exact) mass is 239 g/mol. The van der Waals surface area contributed by atoms with Gasteiger partial charge in [0.2, 0.25) is 5.91 Å². The summed E-state index contributed by atoms with van der Waals surface area (Å²) in [5.74, 6) is 1.33. The number of nitrogens with zero attached hydrogens (tertiary/aromatic N) is 1. The van der Waals surface area contributed by atoms with E-state index in [1.807, 2.05) is 32.6 Å². The maximum Gasteiger partial charge on any atom is 0.225 e. The molecular formula is C14H25NO2. The van der Waals surface area contributed by atoms with Crippen molar-refractivity contribution >= 4 is 11.7 Å². The summed E-state index contributed by atoms with van der Waals surface area (Å²) in [7, 11) is 0. The van der Waals surface area contributed by atoms with Crippen LogP contribution in [0.4, 0.5) is 0 Å². The Morgan fingerprint density at radius 2 is 1.59 bits per heavy atom. The lowest BCUT2D eigenvalue weighted by atomic mass is 9.88. The molecule has 1 aliphatic heterocycles. The minimum absolute atomic E-state index is 0.0869. The molecule has 3 heteroatoms. The molecule has 0 spiro atoms. The molecule has 1 aliphatic rings. The molecule has 0 bridgehead atoms. The number of Topliss-reactive ketones (excluding diaryl/α,β-unsaturated/α-hetero) is 1. The first kappa shape index (κ1) is 14.2. The lowest BCUT2D eigenvalue weighted by molar-refractivity contribution is -0.136. The van der Waals surface area contributed by atoms with Crippen LogP contribution in [-0.2, 0) is 9.59 Å². The van der Waals surface area contributed by atoms with Gasteiger partial charge in [0.1, 0.15) is 5.78 Å². The van der Waals surface area contributed by atoms with Crippen LogP contribution in [0.1, 0.15) is 47.0 Å². The number of piperidine rings is 1. The second-order valence-electron chi connectivity index (χ2n) is 5.75. The molecule has 0 saturated carbocycles. The van der Waals surface area contributed by atoms with Gasteiger partial charge in [-0.25, -0.2) is 0 Å². The quantitative estimate of drug-likeness (QED) is 0.756. The number of likely N-dealkylation sites (tertiary alicyclic amines) is 1. The summed E-state index contributed by atoms with van der Waals surface area (Å²) >= 11 is 0. The number of rotatable bonds is 4. The summed E-state index contributed by atoms with van der Waals surface area (Å²) in [5, 5.41) is 0. The third-order valence-corrected chi connectivity index (χ3v) is 3.55. The first-order chi connectivity index (χ1) is 7.91. The summed E-state index contributed by atoms with van der Waals surface area (Å²) < 4.78 is 0. The second kappa shape index (κ2) is 6.18. The van der Waals surface area contributed by atoms with Gasteiger partial charge in [-0.15, -0.1) is 0 Å². The van der Waals surface area contributed by atoms with Gasteiger partial charge in [-0.05, 0) is 18.8 Å². The van der Waals surface area contributed by atoms with E-state index in [9.17, 15) is 9.59 Å². The Hall–Kier alpha value is -0.860. The Balaban J connectivity index is 2.36. The summed E-state index contributed by atoms with van der Waals surface area (Å²) in [6.45, 7) is 9.45. The largest absolute Gasteiger partial charge is 0.342 e. The molecule has 0 unspecified atom stereocenters. The molecule has 1 fully saturated rings. The van der Waals surface area contributed by atoms with Crippen LogP contribution in [0.2, 0.25) is 0 Å². The minimum Gasteiger partial charge on any atom is -0.342 e. The van der Waals surface area contributed by atoms with E-state index < -0.39 is 0 Å². The molecule has 1 saturated heterocycles. The number of carbonyl (C=O) groups is 2. The van der Waals surface area contributed by atoms with Crippen LogP contribution in [0.5, 0.6) is 0 Å². The number of hydrogen-bond donors (Lipinski definition) is 0. The molecule has 98 valence electrons. The average Bonchev–Trinajstić information content (AvgIpc) is 2.28. The van der Waals surface area contributed by atoms with E-state index in [1.54, 1.807) is 0 Å². The summed E-state index contributed by atoms with van der Waals surface area (Å²) in [6, 6.07) is 0. The molecule has 0 radical (unpaired) electrons. The average molecular weight is 239 g/mol. The van der Waals surface area contributed by atoms with Crippen molar-refractivity contribution in [1.29, 1.82) is 0 Å². The highest BCUT2D eigenvalue weighted by atomic mass is 16.2. The van der Waals surface area contributed by atoms with Crippen molar-refractivity contribution in [3.8, 4) is 0 Å². The predicted molar refractivity (Wildman–Crippen MR) is 68.6 cm³/mol. The molecule has 0 aliphatic carbocycles. The molecule has 0 aromatic carbocycles. The van der Waals surface area contributed by atoms with E-state index in [0.29, 0.717) is 18.1 Å². The van der Waals surface area contributed by atoms with E-state index in [4.69, 9.17) is 0 Å². The van der Waals surface area contributed by atoms with Crippen molar-refractivity contribution < 1.29 is 9.59 Å². The zero-order valence-corrected chi connectivity index (χ0v) is 11.5. The van der Waals surface area contributed by atoms with E-state index in [1.165, 1.54) is 0 Å². The standard InChI is InChI=1S/C14H25NO2/c1-10(2)13(16)9-12-5-7-15(8-6-12)14(17)11(3)4/h10-12H,5-9H2,1-4H3. The zero-order chi connectivity index (χ0) is 13.0. The molecule has 1 rings (SSSR count). The van der Waals surface area contributed by atoms with E-state index in [2.05, 4.69) is 0 Å². The lowest BCUT2D eigenvalue weighted by Crippen LogP contribution is -2.41. The normalized spacial score (nSPS) is 17.9. The Kier molecular flexibility index (Phi) is 5.16. The van der Waals surface area contributed by atoms with E-state index in [-0.39, 0.29) is 17.7 Å². The fourth-order valence-corrected chi connectivity index (χ4v) is 2.24. The fourth-order valence-electron chi connectivity index (χ4n) is 2.24. The number of ketones is 1. The maximum atomic E-state index is 11.8. The van der Waals surface area contributed by atoms with Crippen LogP contribution in [0, 0.1) is 17.8 Å². The number of hydrogen-bond acceptors (Lipinski definition) is 2. The molecule has 1 heterocycles. The topological polar surface area (TPSA) is 37.4 Å². The summed E-state index contributed by atoms with van der Waals surface area (Å²) in [5.41, 5.74) is 0. The maximum absolute atomic E-state index is 11.8. The molecular weight excluding hydrogens is 214 g/mol. The Morgan fingerprint density at radius 3 is 2.00 bits per heavy atom. The number of carbonyl (C=O) groups excluding carboxylic acids is 2. The first-order valence-corrected chi connectivity index (χ1v) is 6.73. The molecule has 0 N–H and O–H groups in total. The van der Waals surface area contributed by atoms with Gasteiger partial charge in [-0.3, -0.25) is 9.59 Å². The van der Waals surface area contributed by atoms with Crippen molar-refractivity contribution in [2.24, 2.45) is 17.8 Å². The highest BCUT2D eigenvalue weighted by molar-refractivity contribution is 5.80. The third-order valence-electron chi connectivity index (χ3n) is 3.55. The minimum atomic E-state index is 0.0869. The van der Waals surface area contributed by atoms with Crippen LogP contribution < -0.4 is 0 Å². The SMILES string of the molecule is CC(C)C(=O)CC1CCN(C(=O)C(C)C)CC1. The summed E-state index contributed by atoms with van der Waals surface area (Å²) in [4.78, 5) is 25.4. The summed E-state index contributed by atoms with van der Waals surface area (Å²) in [6.07, 6.45) is 2.66. The highest BCUT2D eigenvalue weighted by Gasteiger charge is 2.25. The van der Waals surface area contributed by atoms with E-state index >= 15 is 0 Å². The van der Waals surface area contributed by atoms with Gasteiger partial charge in [-0.1, -0.05) is 27.7 Å². The zero-order valence-electron chi connectivity index (χ0n) is 11.5. The van der Waals surface area contributed by atoms with Gasteiger partial charge in [0.05, 0.1) is 0 Å². The number of amides is 1. The molecule has 0 aromatic heterocycles. The van der Waals surface area contributed by atoms with Crippen molar-refractivity contribution in [3.05, 3.63) is 0 Å². The van der Waals surface area contributed by atoms with Crippen LogP contribution in [-0.4, -0.2) is 29.7 Å². The highest BCUT2D eigenvalue weighted by Crippen LogP contribution is 2.23. The van der Waals surface area contributed by atoms with Crippen LogP contribution >= 0.6 is 0 Å². The van der Waals surface area contributed by atoms with Crippen LogP contribution in [0.3, 0.4) is 0 Å². The van der Waals surface area contributed by atoms with Crippen molar-refractivity contribution in [2.75, 3.05) is 13.1 Å². The molecule has 17 heavy (non-hydrogen) atoms. The lowest BCUT2D eigenvalue weighted by Gasteiger charge is -2.33. The third kappa shape index (κ3) is 4.14. The Bertz CT molecular complexity index is 276. The molecule has 1 amide bonds. The first-order valence-electron chi connectivity index (χ1n) is 6.73. The van der Waals surface area contributed by atoms with Crippen molar-refractivity contribution in [1.82, 2.24) is 4.90 Å². The molecule has 3 nitrogen and oxygen atoms in total. The van der Waals surface area contributed by atoms with Crippen molar-refractivity contribution in [2.45, 2.75) is 47.0 Å². The Labute approximate surface area is 105 Å². The predicted octanol–water partition coefficient (Wildman–Crippen LogP) is 2.50. The van der Waals surface area contributed by atoms with Crippen molar-refractivity contribution in [3.63, 3.8) is 0 Å². The van der Waals surface area contributed by atoms with Gasteiger partial charge < -0.3 is 4.90 Å². The van der Waals surface area contributed by atoms with Gasteiger partial charge in [-0.2, -0.15) is 0 Å². The smallest absolute Gasteiger partial charge is 0.225 e. The van der Waals surface area contributed by atoms with Gasteiger partial charge >= 0.3 is 0 Å². The van der Waals surface area contributed by atoms with E-state index in [0.717, 1.165) is 25.9 Å². The van der Waals surface area contributed by atoms with Crippen LogP contribution in [0.15, 0.2) is 0 Å². The molecule has 0 atom stereocenters. The second-order valence-corrected chi connectivity index (χ2v) is 5.75. The fraction of sp³-hybridized carbons (Fsp3) is 0.857.